The number of unbranched alkanes of at least 4 members (excludes halogenated alkanes) is 1. The fourth-order valence-corrected chi connectivity index (χ4v) is 4.17. The Morgan fingerprint density at radius 2 is 1.87 bits per heavy atom. The summed E-state index contributed by atoms with van der Waals surface area (Å²) in [6.07, 6.45) is 3.05. The lowest BCUT2D eigenvalue weighted by molar-refractivity contribution is 0.170. The Kier molecular flexibility index (Phi) is 9.30. The van der Waals surface area contributed by atoms with Gasteiger partial charge in [-0.2, -0.15) is 0 Å². The monoisotopic (exact) mass is 433 g/mol. The molecular weight excluding hydrogens is 398 g/mol. The van der Waals surface area contributed by atoms with E-state index >= 15 is 0 Å². The number of nitrogens with zero attached hydrogens (tertiary/aromatic N) is 1. The van der Waals surface area contributed by atoms with Gasteiger partial charge in [0.25, 0.3) is 0 Å². The molecule has 0 spiro atoms. The molecule has 2 rings (SSSR count). The molecule has 2 aromatic rings. The van der Waals surface area contributed by atoms with Crippen LogP contribution in [0.3, 0.4) is 0 Å². The minimum Gasteiger partial charge on any atom is -0.387 e. The van der Waals surface area contributed by atoms with Gasteiger partial charge in [-0.3, -0.25) is 0 Å². The number of benzene rings is 2. The van der Waals surface area contributed by atoms with Gasteiger partial charge in [0.2, 0.25) is 10.0 Å². The van der Waals surface area contributed by atoms with E-state index in [-0.39, 0.29) is 10.9 Å². The molecule has 0 radical (unpaired) electrons. The maximum Gasteiger partial charge on any atom is 0.240 e. The number of sulfonamides is 1. The lowest BCUT2D eigenvalue weighted by atomic mass is 10.1. The largest absolute Gasteiger partial charge is 0.387 e. The van der Waals surface area contributed by atoms with E-state index in [0.717, 1.165) is 32.2 Å². The van der Waals surface area contributed by atoms with Gasteiger partial charge < -0.3 is 15.3 Å². The van der Waals surface area contributed by atoms with Crippen LogP contribution in [-0.2, 0) is 16.4 Å². The molecule has 7 heteroatoms. The van der Waals surface area contributed by atoms with Gasteiger partial charge in [-0.25, -0.2) is 13.6 Å². The smallest absolute Gasteiger partial charge is 0.240 e. The number of hydrogen-bond donors (Lipinski definition) is 3. The molecule has 0 aromatic heterocycles. The number of aryl methyl sites for hydroxylation is 1. The Bertz CT molecular complexity index is 888. The van der Waals surface area contributed by atoms with Crippen molar-refractivity contribution in [3.05, 3.63) is 59.7 Å². The van der Waals surface area contributed by atoms with E-state index < -0.39 is 16.1 Å². The van der Waals surface area contributed by atoms with E-state index in [2.05, 4.69) is 31.3 Å². The van der Waals surface area contributed by atoms with Crippen molar-refractivity contribution in [2.75, 3.05) is 25.0 Å². The molecule has 0 bridgehead atoms. The van der Waals surface area contributed by atoms with Crippen molar-refractivity contribution in [3.8, 4) is 0 Å². The molecule has 0 aliphatic heterocycles. The summed E-state index contributed by atoms with van der Waals surface area (Å²) in [5, 5.41) is 19.4. The van der Waals surface area contributed by atoms with Gasteiger partial charge in [0.15, 0.2) is 0 Å². The van der Waals surface area contributed by atoms with Gasteiger partial charge in [0.1, 0.15) is 4.90 Å². The Balaban J connectivity index is 2.01. The summed E-state index contributed by atoms with van der Waals surface area (Å²) in [6, 6.07) is 15.5. The molecule has 166 valence electrons. The van der Waals surface area contributed by atoms with E-state index in [9.17, 15) is 13.5 Å². The predicted molar refractivity (Wildman–Crippen MR) is 123 cm³/mol. The Hall–Kier alpha value is -1.93. The van der Waals surface area contributed by atoms with Crippen molar-refractivity contribution in [3.63, 3.8) is 0 Å². The third-order valence-corrected chi connectivity index (χ3v) is 6.24. The minimum atomic E-state index is -3.90. The second kappa shape index (κ2) is 11.5. The van der Waals surface area contributed by atoms with Crippen LogP contribution in [0.5, 0.6) is 0 Å². The summed E-state index contributed by atoms with van der Waals surface area (Å²) in [4.78, 5) is 1.94. The summed E-state index contributed by atoms with van der Waals surface area (Å²) in [5.41, 5.74) is 2.38. The van der Waals surface area contributed by atoms with Gasteiger partial charge in [0.05, 0.1) is 11.8 Å². The first kappa shape index (κ1) is 24.3. The van der Waals surface area contributed by atoms with Crippen molar-refractivity contribution in [2.24, 2.45) is 5.14 Å². The number of aliphatic hydroxyl groups excluding tert-OH is 1. The molecule has 0 heterocycles. The summed E-state index contributed by atoms with van der Waals surface area (Å²) in [7, 11) is -2.05. The van der Waals surface area contributed by atoms with Gasteiger partial charge in [0, 0.05) is 26.2 Å². The van der Waals surface area contributed by atoms with Crippen LogP contribution in [-0.4, -0.2) is 39.7 Å². The number of primary sulfonamides is 1. The molecule has 6 nitrogen and oxygen atoms in total. The third kappa shape index (κ3) is 7.40. The predicted octanol–water partition coefficient (Wildman–Crippen LogP) is 3.21. The fraction of sp³-hybridized carbons (Fsp3) is 0.478. The molecule has 0 aliphatic rings. The second-order valence-electron chi connectivity index (χ2n) is 7.90. The van der Waals surface area contributed by atoms with Crippen molar-refractivity contribution >= 4 is 15.7 Å². The minimum absolute atomic E-state index is 0.0507. The quantitative estimate of drug-likeness (QED) is 0.478. The van der Waals surface area contributed by atoms with Crippen molar-refractivity contribution < 1.29 is 13.5 Å². The number of rotatable bonds is 12. The fourth-order valence-electron chi connectivity index (χ4n) is 3.36. The van der Waals surface area contributed by atoms with Gasteiger partial charge in [-0.1, -0.05) is 49.7 Å². The van der Waals surface area contributed by atoms with E-state index in [1.807, 2.05) is 30.1 Å². The SMILES string of the molecule is CCCCN(C)c1ccc(C(O)CNC(C)CCc2ccccc2)cc1S(N)(=O)=O. The van der Waals surface area contributed by atoms with Crippen molar-refractivity contribution in [2.45, 2.75) is 56.6 Å². The highest BCUT2D eigenvalue weighted by atomic mass is 32.2. The van der Waals surface area contributed by atoms with Crippen LogP contribution in [0.1, 0.15) is 50.3 Å². The van der Waals surface area contributed by atoms with Crippen LogP contribution in [0, 0.1) is 0 Å². The maximum absolute atomic E-state index is 12.1. The molecule has 2 unspecified atom stereocenters. The molecule has 30 heavy (non-hydrogen) atoms. The first-order chi connectivity index (χ1) is 14.2. The number of hydrogen-bond acceptors (Lipinski definition) is 5. The molecule has 0 saturated carbocycles. The molecule has 2 atom stereocenters. The maximum atomic E-state index is 12.1. The Morgan fingerprint density at radius 1 is 1.17 bits per heavy atom. The Labute approximate surface area is 181 Å². The third-order valence-electron chi connectivity index (χ3n) is 5.30. The molecule has 0 saturated heterocycles. The Morgan fingerprint density at radius 3 is 2.50 bits per heavy atom. The first-order valence-corrected chi connectivity index (χ1v) is 12.1. The molecule has 0 aliphatic carbocycles. The number of nitrogens with two attached hydrogens (primary N) is 1. The summed E-state index contributed by atoms with van der Waals surface area (Å²) in [6.45, 7) is 5.24. The van der Waals surface area contributed by atoms with E-state index in [0.29, 0.717) is 17.8 Å². The summed E-state index contributed by atoms with van der Waals surface area (Å²) >= 11 is 0. The standard InChI is InChI=1S/C23H35N3O3S/c1-4-5-15-26(3)21-14-13-20(16-23(21)30(24,28)29)22(27)17-25-18(2)11-12-19-9-7-6-8-10-19/h6-10,13-14,16,18,22,25,27H,4-5,11-12,15,17H2,1-3H3,(H2,24,28,29). The molecule has 0 fully saturated rings. The average Bonchev–Trinajstić information content (AvgIpc) is 2.74. The molecule has 2 aromatic carbocycles. The van der Waals surface area contributed by atoms with Crippen LogP contribution in [0.2, 0.25) is 0 Å². The normalized spacial score (nSPS) is 13.8. The molecule has 0 amide bonds. The first-order valence-electron chi connectivity index (χ1n) is 10.6. The zero-order chi connectivity index (χ0) is 22.1. The number of anilines is 1. The highest BCUT2D eigenvalue weighted by Crippen LogP contribution is 2.27. The zero-order valence-corrected chi connectivity index (χ0v) is 19.0. The van der Waals surface area contributed by atoms with Crippen molar-refractivity contribution in [1.82, 2.24) is 5.32 Å². The highest BCUT2D eigenvalue weighted by Gasteiger charge is 2.20. The van der Waals surface area contributed by atoms with E-state index in [4.69, 9.17) is 5.14 Å². The van der Waals surface area contributed by atoms with Crippen LogP contribution in [0.4, 0.5) is 5.69 Å². The van der Waals surface area contributed by atoms with Crippen LogP contribution in [0.25, 0.3) is 0 Å². The van der Waals surface area contributed by atoms with Crippen molar-refractivity contribution in [1.29, 1.82) is 0 Å². The zero-order valence-electron chi connectivity index (χ0n) is 18.2. The van der Waals surface area contributed by atoms with Crippen LogP contribution >= 0.6 is 0 Å². The van der Waals surface area contributed by atoms with Gasteiger partial charge >= 0.3 is 0 Å². The second-order valence-corrected chi connectivity index (χ2v) is 9.43. The van der Waals surface area contributed by atoms with Crippen LogP contribution in [0.15, 0.2) is 53.4 Å². The van der Waals surface area contributed by atoms with Gasteiger partial charge in [-0.05, 0) is 49.4 Å². The molecular formula is C23H35N3O3S. The van der Waals surface area contributed by atoms with Crippen LogP contribution < -0.4 is 15.4 Å². The highest BCUT2D eigenvalue weighted by molar-refractivity contribution is 7.89. The summed E-state index contributed by atoms with van der Waals surface area (Å²) in [5.74, 6) is 0. The van der Waals surface area contributed by atoms with E-state index in [1.165, 1.54) is 11.6 Å². The topological polar surface area (TPSA) is 95.7 Å². The number of aliphatic hydroxyl groups is 1. The van der Waals surface area contributed by atoms with Gasteiger partial charge in [-0.15, -0.1) is 0 Å². The lowest BCUT2D eigenvalue weighted by Gasteiger charge is -2.23. The molecule has 4 N–H and O–H groups in total. The lowest BCUT2D eigenvalue weighted by Crippen LogP contribution is -2.31. The summed E-state index contributed by atoms with van der Waals surface area (Å²) < 4.78 is 24.3. The van der Waals surface area contributed by atoms with E-state index in [1.54, 1.807) is 12.1 Å². The average molecular weight is 434 g/mol. The number of nitrogens with one attached hydrogen (secondary N) is 1.